The first-order valence-electron chi connectivity index (χ1n) is 4.74. The molecule has 0 rings (SSSR count). The summed E-state index contributed by atoms with van der Waals surface area (Å²) in [6.07, 6.45) is 7.44. The second kappa shape index (κ2) is 5.13. The van der Waals surface area contributed by atoms with E-state index < -0.39 is 7.26 Å². The average Bonchev–Trinajstić information content (AvgIpc) is 2.01. The van der Waals surface area contributed by atoms with Crippen molar-refractivity contribution in [2.75, 3.05) is 24.6 Å². The summed E-state index contributed by atoms with van der Waals surface area (Å²) in [4.78, 5) is 0. The third kappa shape index (κ3) is 2.58. The standard InChI is InChI=1S/C9H23P/c1-5-9-10(6-2,7-3)8-4/h10H,5-9H2,1-4H3. The van der Waals surface area contributed by atoms with Crippen molar-refractivity contribution in [1.29, 1.82) is 0 Å². The molecular weight excluding hydrogens is 139 g/mol. The fourth-order valence-electron chi connectivity index (χ4n) is 1.81. The van der Waals surface area contributed by atoms with E-state index in [-0.39, 0.29) is 0 Å². The van der Waals surface area contributed by atoms with Gasteiger partial charge in [0.15, 0.2) is 0 Å². The molecule has 10 heavy (non-hydrogen) atoms. The molecule has 0 bridgehead atoms. The Labute approximate surface area is 66.7 Å². The van der Waals surface area contributed by atoms with Crippen LogP contribution in [0.2, 0.25) is 0 Å². The maximum atomic E-state index is 2.38. The Balaban J connectivity index is 3.87. The fraction of sp³-hybridized carbons (Fsp3) is 1.00. The van der Waals surface area contributed by atoms with Gasteiger partial charge in [0.25, 0.3) is 0 Å². The first-order chi connectivity index (χ1) is 4.74. The molecule has 0 radical (unpaired) electrons. The molecule has 0 aliphatic heterocycles. The Kier molecular flexibility index (Phi) is 5.35. The summed E-state index contributed by atoms with van der Waals surface area (Å²) < 4.78 is 0. The molecular formula is C9H23P. The van der Waals surface area contributed by atoms with Crippen LogP contribution in [0.3, 0.4) is 0 Å². The minimum absolute atomic E-state index is 0.717. The zero-order valence-corrected chi connectivity index (χ0v) is 9.04. The Hall–Kier alpha value is 0.430. The summed E-state index contributed by atoms with van der Waals surface area (Å²) in [6.45, 7) is 9.47. The fourth-order valence-corrected chi connectivity index (χ4v) is 5.43. The molecule has 0 N–H and O–H groups in total. The Morgan fingerprint density at radius 1 is 0.800 bits per heavy atom. The van der Waals surface area contributed by atoms with Gasteiger partial charge >= 0.3 is 66.0 Å². The van der Waals surface area contributed by atoms with Crippen LogP contribution in [-0.2, 0) is 0 Å². The van der Waals surface area contributed by atoms with Gasteiger partial charge in [-0.2, -0.15) is 0 Å². The number of hydrogen-bond acceptors (Lipinski definition) is 0. The second-order valence-corrected chi connectivity index (χ2v) is 8.93. The maximum absolute atomic E-state index is 2.38. The van der Waals surface area contributed by atoms with Crippen LogP contribution in [0.25, 0.3) is 0 Å². The molecule has 0 atom stereocenters. The van der Waals surface area contributed by atoms with Gasteiger partial charge in [-0.05, 0) is 0 Å². The van der Waals surface area contributed by atoms with Crippen molar-refractivity contribution in [2.45, 2.75) is 34.1 Å². The summed E-state index contributed by atoms with van der Waals surface area (Å²) in [5.41, 5.74) is 0. The SMILES string of the molecule is CCC[PH](CC)(CC)CC. The van der Waals surface area contributed by atoms with Crippen LogP contribution in [0.5, 0.6) is 0 Å². The molecule has 0 unspecified atom stereocenters. The zero-order valence-electron chi connectivity index (χ0n) is 8.04. The molecule has 0 heterocycles. The first-order valence-corrected chi connectivity index (χ1v) is 7.57. The molecule has 0 aliphatic rings. The number of rotatable bonds is 5. The minimum atomic E-state index is -0.717. The molecule has 0 aliphatic carbocycles. The van der Waals surface area contributed by atoms with E-state index >= 15 is 0 Å². The summed E-state index contributed by atoms with van der Waals surface area (Å²) >= 11 is 0. The van der Waals surface area contributed by atoms with Crippen molar-refractivity contribution in [2.24, 2.45) is 0 Å². The van der Waals surface area contributed by atoms with Crippen LogP contribution in [0, 0.1) is 0 Å². The van der Waals surface area contributed by atoms with Crippen LogP contribution < -0.4 is 0 Å². The van der Waals surface area contributed by atoms with Crippen molar-refractivity contribution < 1.29 is 0 Å². The van der Waals surface area contributed by atoms with E-state index in [1.807, 2.05) is 0 Å². The van der Waals surface area contributed by atoms with Crippen molar-refractivity contribution in [3.63, 3.8) is 0 Å². The van der Waals surface area contributed by atoms with E-state index in [0.717, 1.165) is 0 Å². The van der Waals surface area contributed by atoms with Gasteiger partial charge in [0, 0.05) is 0 Å². The van der Waals surface area contributed by atoms with E-state index in [1.165, 1.54) is 24.9 Å². The predicted octanol–water partition coefficient (Wildman–Crippen LogP) is 3.21. The molecule has 0 aromatic heterocycles. The summed E-state index contributed by atoms with van der Waals surface area (Å²) in [6, 6.07) is 0. The Bertz CT molecular complexity index is 66.5. The molecule has 0 fully saturated rings. The molecule has 1 heteroatoms. The molecule has 0 nitrogen and oxygen atoms in total. The van der Waals surface area contributed by atoms with Gasteiger partial charge in [0.2, 0.25) is 0 Å². The van der Waals surface area contributed by atoms with Crippen molar-refractivity contribution in [3.05, 3.63) is 0 Å². The molecule has 0 aromatic carbocycles. The van der Waals surface area contributed by atoms with Gasteiger partial charge in [-0.1, -0.05) is 0 Å². The first kappa shape index (κ1) is 10.4. The monoisotopic (exact) mass is 162 g/mol. The van der Waals surface area contributed by atoms with Crippen molar-refractivity contribution >= 4 is 7.26 Å². The van der Waals surface area contributed by atoms with Gasteiger partial charge in [-0.15, -0.1) is 0 Å². The van der Waals surface area contributed by atoms with Gasteiger partial charge in [0.1, 0.15) is 0 Å². The van der Waals surface area contributed by atoms with Crippen LogP contribution in [0.15, 0.2) is 0 Å². The molecule has 0 saturated heterocycles. The summed E-state index contributed by atoms with van der Waals surface area (Å²) in [5.74, 6) is 0. The van der Waals surface area contributed by atoms with Gasteiger partial charge in [0.05, 0.1) is 0 Å². The summed E-state index contributed by atoms with van der Waals surface area (Å²) in [5, 5.41) is 0. The third-order valence-electron chi connectivity index (χ3n) is 3.03. The van der Waals surface area contributed by atoms with Crippen LogP contribution in [-0.4, -0.2) is 24.6 Å². The van der Waals surface area contributed by atoms with Gasteiger partial charge in [-0.3, -0.25) is 0 Å². The van der Waals surface area contributed by atoms with Crippen molar-refractivity contribution in [3.8, 4) is 0 Å². The topological polar surface area (TPSA) is 0 Å². The average molecular weight is 162 g/mol. The zero-order chi connectivity index (χ0) is 8.04. The summed E-state index contributed by atoms with van der Waals surface area (Å²) in [7, 11) is -0.717. The third-order valence-corrected chi connectivity index (χ3v) is 9.09. The Morgan fingerprint density at radius 2 is 1.20 bits per heavy atom. The second-order valence-electron chi connectivity index (χ2n) is 3.31. The number of hydrogen-bond donors (Lipinski definition) is 0. The van der Waals surface area contributed by atoms with Crippen LogP contribution in [0.4, 0.5) is 0 Å². The van der Waals surface area contributed by atoms with E-state index in [4.69, 9.17) is 0 Å². The van der Waals surface area contributed by atoms with E-state index in [1.54, 1.807) is 6.16 Å². The van der Waals surface area contributed by atoms with Gasteiger partial charge < -0.3 is 0 Å². The van der Waals surface area contributed by atoms with Gasteiger partial charge in [-0.25, -0.2) is 0 Å². The van der Waals surface area contributed by atoms with Crippen LogP contribution >= 0.6 is 7.26 Å². The molecule has 64 valence electrons. The van der Waals surface area contributed by atoms with E-state index in [2.05, 4.69) is 27.7 Å². The predicted molar refractivity (Wildman–Crippen MR) is 55.1 cm³/mol. The molecule has 0 spiro atoms. The van der Waals surface area contributed by atoms with E-state index in [0.29, 0.717) is 0 Å². The van der Waals surface area contributed by atoms with Crippen molar-refractivity contribution in [1.82, 2.24) is 0 Å². The quantitative estimate of drug-likeness (QED) is 0.544. The molecule has 0 aromatic rings. The Morgan fingerprint density at radius 3 is 1.30 bits per heavy atom. The van der Waals surface area contributed by atoms with Crippen LogP contribution in [0.1, 0.15) is 34.1 Å². The van der Waals surface area contributed by atoms with E-state index in [9.17, 15) is 0 Å². The molecule has 0 saturated carbocycles. The molecule has 0 amide bonds. The normalized spacial score (nSPS) is 13.6.